The SMILES string of the molecule is CC(O)C(C)(O)c1ccc(-c2ccc(C(CC3CCOCC3)c3ccc(S(=O)(=O)C4CC4)cc3)[nH]2)nc1. The van der Waals surface area contributed by atoms with Crippen LogP contribution in [0.1, 0.15) is 68.7 Å². The predicted octanol–water partition coefficient (Wildman–Crippen LogP) is 4.55. The molecule has 3 aromatic rings. The van der Waals surface area contributed by atoms with Crippen molar-refractivity contribution in [2.45, 2.75) is 73.7 Å². The van der Waals surface area contributed by atoms with Crippen molar-refractivity contribution >= 4 is 9.84 Å². The number of sulfone groups is 1. The van der Waals surface area contributed by atoms with E-state index in [1.54, 1.807) is 38.2 Å². The molecular formula is C29H36N2O5S. The zero-order chi connectivity index (χ0) is 26.2. The van der Waals surface area contributed by atoms with E-state index < -0.39 is 21.5 Å². The molecule has 1 aliphatic carbocycles. The summed E-state index contributed by atoms with van der Waals surface area (Å²) in [6.45, 7) is 4.68. The standard InChI is InChI=1S/C29H36N2O5S/c1-19(32)29(2,33)22-5-10-27(30-18-22)28-12-11-26(31-28)25(17-20-13-15-36-16-14-20)21-3-6-23(7-4-21)37(34,35)24-8-9-24/h3-7,10-12,18-20,24-25,31-33H,8-9,13-17H2,1-2H3. The molecule has 2 fully saturated rings. The fraction of sp³-hybridized carbons (Fsp3) is 0.483. The Bertz CT molecular complexity index is 1300. The van der Waals surface area contributed by atoms with Gasteiger partial charge in [0.25, 0.3) is 0 Å². The van der Waals surface area contributed by atoms with Crippen LogP contribution in [0.5, 0.6) is 0 Å². The van der Waals surface area contributed by atoms with Gasteiger partial charge in [-0.1, -0.05) is 18.2 Å². The van der Waals surface area contributed by atoms with Crippen LogP contribution in [-0.2, 0) is 20.2 Å². The van der Waals surface area contributed by atoms with Crippen molar-refractivity contribution in [1.29, 1.82) is 0 Å². The molecule has 1 saturated heterocycles. The van der Waals surface area contributed by atoms with Crippen molar-refractivity contribution in [2.75, 3.05) is 13.2 Å². The highest BCUT2D eigenvalue weighted by Crippen LogP contribution is 2.38. The summed E-state index contributed by atoms with van der Waals surface area (Å²) in [5.74, 6) is 0.616. The van der Waals surface area contributed by atoms with Gasteiger partial charge in [-0.3, -0.25) is 4.98 Å². The number of benzene rings is 1. The molecule has 5 rings (SSSR count). The Morgan fingerprint density at radius 2 is 1.76 bits per heavy atom. The molecule has 0 radical (unpaired) electrons. The number of aromatic amines is 1. The highest BCUT2D eigenvalue weighted by Gasteiger charge is 2.37. The summed E-state index contributed by atoms with van der Waals surface area (Å²) < 4.78 is 30.9. The van der Waals surface area contributed by atoms with E-state index in [9.17, 15) is 18.6 Å². The van der Waals surface area contributed by atoms with E-state index in [-0.39, 0.29) is 11.2 Å². The summed E-state index contributed by atoms with van der Waals surface area (Å²) in [6.07, 6.45) is 5.17. The molecule has 1 aliphatic heterocycles. The van der Waals surface area contributed by atoms with Crippen molar-refractivity contribution in [3.8, 4) is 11.4 Å². The number of nitrogens with zero attached hydrogens (tertiary/aromatic N) is 1. The lowest BCUT2D eigenvalue weighted by Gasteiger charge is -2.27. The van der Waals surface area contributed by atoms with Crippen LogP contribution in [0.4, 0.5) is 0 Å². The van der Waals surface area contributed by atoms with Gasteiger partial charge in [-0.05, 0) is 87.8 Å². The summed E-state index contributed by atoms with van der Waals surface area (Å²) in [6, 6.07) is 15.2. The number of pyridine rings is 1. The number of aliphatic hydroxyl groups excluding tert-OH is 1. The van der Waals surface area contributed by atoms with E-state index in [1.165, 1.54) is 0 Å². The summed E-state index contributed by atoms with van der Waals surface area (Å²) in [5, 5.41) is 20.2. The second-order valence-electron chi connectivity index (χ2n) is 10.7. The van der Waals surface area contributed by atoms with Gasteiger partial charge < -0.3 is 19.9 Å². The molecule has 2 aliphatic rings. The number of hydrogen-bond acceptors (Lipinski definition) is 6. The first-order chi connectivity index (χ1) is 17.7. The van der Waals surface area contributed by atoms with Gasteiger partial charge in [-0.25, -0.2) is 8.42 Å². The van der Waals surface area contributed by atoms with E-state index in [0.717, 1.165) is 68.0 Å². The lowest BCUT2D eigenvalue weighted by molar-refractivity contribution is -0.0571. The van der Waals surface area contributed by atoms with E-state index >= 15 is 0 Å². The van der Waals surface area contributed by atoms with E-state index in [1.807, 2.05) is 24.3 Å². The van der Waals surface area contributed by atoms with Crippen molar-refractivity contribution in [2.24, 2.45) is 5.92 Å². The molecule has 3 heterocycles. The molecule has 8 heteroatoms. The fourth-order valence-electron chi connectivity index (χ4n) is 5.08. The smallest absolute Gasteiger partial charge is 0.181 e. The van der Waals surface area contributed by atoms with Crippen LogP contribution in [0.2, 0.25) is 0 Å². The fourth-order valence-corrected chi connectivity index (χ4v) is 6.73. The summed E-state index contributed by atoms with van der Waals surface area (Å²) in [7, 11) is -3.22. The van der Waals surface area contributed by atoms with Gasteiger partial charge in [-0.15, -0.1) is 0 Å². The molecule has 2 aromatic heterocycles. The zero-order valence-corrected chi connectivity index (χ0v) is 22.2. The van der Waals surface area contributed by atoms with Crippen LogP contribution in [0.15, 0.2) is 59.6 Å². The topological polar surface area (TPSA) is 113 Å². The summed E-state index contributed by atoms with van der Waals surface area (Å²) >= 11 is 0. The van der Waals surface area contributed by atoms with Gasteiger partial charge in [0.1, 0.15) is 5.60 Å². The molecule has 0 bridgehead atoms. The van der Waals surface area contributed by atoms with Crippen LogP contribution in [0.3, 0.4) is 0 Å². The average molecular weight is 525 g/mol. The summed E-state index contributed by atoms with van der Waals surface area (Å²) in [5.41, 5.74) is 2.93. The molecule has 0 spiro atoms. The first kappa shape index (κ1) is 26.1. The predicted molar refractivity (Wildman–Crippen MR) is 142 cm³/mol. The maximum absolute atomic E-state index is 12.7. The Morgan fingerprint density at radius 3 is 2.35 bits per heavy atom. The van der Waals surface area contributed by atoms with E-state index in [4.69, 9.17) is 4.74 Å². The molecule has 1 aromatic carbocycles. The Kier molecular flexibility index (Phi) is 7.29. The minimum absolute atomic E-state index is 0.0878. The zero-order valence-electron chi connectivity index (χ0n) is 21.4. The number of H-pyrrole nitrogens is 1. The molecule has 1 saturated carbocycles. The Labute approximate surface area is 218 Å². The number of rotatable bonds is 9. The molecule has 37 heavy (non-hydrogen) atoms. The van der Waals surface area contributed by atoms with Crippen LogP contribution < -0.4 is 0 Å². The van der Waals surface area contributed by atoms with Gasteiger partial charge >= 0.3 is 0 Å². The van der Waals surface area contributed by atoms with Crippen molar-refractivity contribution in [1.82, 2.24) is 9.97 Å². The van der Waals surface area contributed by atoms with Crippen LogP contribution in [-0.4, -0.2) is 53.2 Å². The maximum Gasteiger partial charge on any atom is 0.181 e. The second-order valence-corrected chi connectivity index (χ2v) is 13.0. The third kappa shape index (κ3) is 5.53. The minimum Gasteiger partial charge on any atom is -0.390 e. The van der Waals surface area contributed by atoms with Gasteiger partial charge in [0.2, 0.25) is 0 Å². The van der Waals surface area contributed by atoms with Gasteiger partial charge in [0.05, 0.1) is 27.6 Å². The van der Waals surface area contributed by atoms with Crippen LogP contribution in [0, 0.1) is 5.92 Å². The van der Waals surface area contributed by atoms with Crippen molar-refractivity contribution in [3.05, 3.63) is 71.5 Å². The second kappa shape index (κ2) is 10.3. The van der Waals surface area contributed by atoms with Crippen molar-refractivity contribution in [3.63, 3.8) is 0 Å². The first-order valence-corrected chi connectivity index (χ1v) is 14.7. The van der Waals surface area contributed by atoms with Gasteiger partial charge in [0.15, 0.2) is 9.84 Å². The number of hydrogen-bond donors (Lipinski definition) is 3. The molecule has 7 nitrogen and oxygen atoms in total. The molecule has 3 N–H and O–H groups in total. The van der Waals surface area contributed by atoms with E-state index in [2.05, 4.69) is 16.0 Å². The normalized spacial score (nSPS) is 20.3. The Hall–Kier alpha value is -2.52. The molecule has 198 valence electrons. The highest BCUT2D eigenvalue weighted by molar-refractivity contribution is 7.92. The van der Waals surface area contributed by atoms with Crippen LogP contribution >= 0.6 is 0 Å². The summed E-state index contributed by atoms with van der Waals surface area (Å²) in [4.78, 5) is 8.49. The van der Waals surface area contributed by atoms with E-state index in [0.29, 0.717) is 16.4 Å². The first-order valence-electron chi connectivity index (χ1n) is 13.1. The monoisotopic (exact) mass is 524 g/mol. The van der Waals surface area contributed by atoms with Crippen molar-refractivity contribution < 1.29 is 23.4 Å². The van der Waals surface area contributed by atoms with Gasteiger partial charge in [0, 0.05) is 36.6 Å². The van der Waals surface area contributed by atoms with Gasteiger partial charge in [-0.2, -0.15) is 0 Å². The lowest BCUT2D eigenvalue weighted by Crippen LogP contribution is -2.34. The lowest BCUT2D eigenvalue weighted by atomic mass is 9.83. The number of nitrogens with one attached hydrogen (secondary N) is 1. The maximum atomic E-state index is 12.7. The number of aliphatic hydroxyl groups is 2. The average Bonchev–Trinajstić information content (AvgIpc) is 3.66. The Morgan fingerprint density at radius 1 is 1.05 bits per heavy atom. The molecular weight excluding hydrogens is 488 g/mol. The molecule has 3 atom stereocenters. The number of ether oxygens (including phenoxy) is 1. The molecule has 3 unspecified atom stereocenters. The largest absolute Gasteiger partial charge is 0.390 e. The quantitative estimate of drug-likeness (QED) is 0.379. The van der Waals surface area contributed by atoms with Crippen LogP contribution in [0.25, 0.3) is 11.4 Å². The number of aromatic nitrogens is 2. The minimum atomic E-state index is -3.22. The Balaban J connectivity index is 1.42. The third-order valence-electron chi connectivity index (χ3n) is 8.01. The molecule has 0 amide bonds. The third-order valence-corrected chi connectivity index (χ3v) is 10.3. The highest BCUT2D eigenvalue weighted by atomic mass is 32.2.